The summed E-state index contributed by atoms with van der Waals surface area (Å²) < 4.78 is 5.37. The zero-order valence-electron chi connectivity index (χ0n) is 12.0. The van der Waals surface area contributed by atoms with Crippen LogP contribution in [0.4, 0.5) is 10.5 Å². The third-order valence-corrected chi connectivity index (χ3v) is 2.90. The maximum absolute atomic E-state index is 11.6. The summed E-state index contributed by atoms with van der Waals surface area (Å²) in [5, 5.41) is 2.61. The summed E-state index contributed by atoms with van der Waals surface area (Å²) in [6, 6.07) is 5.63. The number of amides is 2. The lowest BCUT2D eigenvalue weighted by atomic mass is 9.86. The number of methoxy groups -OCH3 is 1. The number of benzene rings is 1. The first-order chi connectivity index (χ1) is 8.31. The lowest BCUT2D eigenvalue weighted by Crippen LogP contribution is -2.34. The van der Waals surface area contributed by atoms with Crippen LogP contribution in [0, 0.1) is 0 Å². The number of rotatable bonds is 2. The Labute approximate surface area is 109 Å². The van der Waals surface area contributed by atoms with Gasteiger partial charge < -0.3 is 10.1 Å². The van der Waals surface area contributed by atoms with Gasteiger partial charge in [0.25, 0.3) is 0 Å². The number of hydrogen-bond donors (Lipinski definition) is 1. The Hall–Kier alpha value is -1.71. The first-order valence-electron chi connectivity index (χ1n) is 5.95. The van der Waals surface area contributed by atoms with E-state index in [2.05, 4.69) is 26.1 Å². The minimum atomic E-state index is -0.139. The van der Waals surface area contributed by atoms with Crippen LogP contribution >= 0.6 is 0 Å². The molecule has 1 aromatic rings. The Morgan fingerprint density at radius 3 is 2.39 bits per heavy atom. The van der Waals surface area contributed by atoms with E-state index in [0.29, 0.717) is 0 Å². The zero-order chi connectivity index (χ0) is 13.9. The fourth-order valence-electron chi connectivity index (χ4n) is 1.78. The zero-order valence-corrected chi connectivity index (χ0v) is 12.0. The van der Waals surface area contributed by atoms with Crippen molar-refractivity contribution in [3.8, 4) is 5.75 Å². The molecule has 0 saturated carbocycles. The second-order valence-corrected chi connectivity index (χ2v) is 5.25. The topological polar surface area (TPSA) is 41.6 Å². The smallest absolute Gasteiger partial charge is 0.321 e. The van der Waals surface area contributed by atoms with Crippen molar-refractivity contribution in [2.45, 2.75) is 26.2 Å². The van der Waals surface area contributed by atoms with Gasteiger partial charge in [-0.15, -0.1) is 0 Å². The van der Waals surface area contributed by atoms with Crippen molar-refractivity contribution in [3.63, 3.8) is 0 Å². The molecule has 0 radical (unpaired) electrons. The molecule has 0 fully saturated rings. The molecule has 0 unspecified atom stereocenters. The first kappa shape index (κ1) is 14.4. The molecular formula is C14H22N2O2. The molecule has 1 N–H and O–H groups in total. The van der Waals surface area contributed by atoms with E-state index in [9.17, 15) is 4.79 Å². The van der Waals surface area contributed by atoms with Crippen LogP contribution in [0.15, 0.2) is 18.2 Å². The van der Waals surface area contributed by atoms with Gasteiger partial charge in [-0.05, 0) is 23.6 Å². The van der Waals surface area contributed by atoms with E-state index in [1.807, 2.05) is 18.2 Å². The van der Waals surface area contributed by atoms with Crippen LogP contribution in [-0.4, -0.2) is 27.2 Å². The van der Waals surface area contributed by atoms with E-state index in [4.69, 9.17) is 4.74 Å². The van der Waals surface area contributed by atoms with Gasteiger partial charge in [0, 0.05) is 25.3 Å². The highest BCUT2D eigenvalue weighted by Gasteiger charge is 2.20. The van der Waals surface area contributed by atoms with Gasteiger partial charge in [-0.25, -0.2) is 4.79 Å². The highest BCUT2D eigenvalue weighted by molar-refractivity contribution is 5.91. The minimum Gasteiger partial charge on any atom is -0.496 e. The van der Waals surface area contributed by atoms with Crippen molar-refractivity contribution in [3.05, 3.63) is 23.8 Å². The Morgan fingerprint density at radius 2 is 1.94 bits per heavy atom. The van der Waals surface area contributed by atoms with Gasteiger partial charge in [0.1, 0.15) is 5.75 Å². The molecule has 1 rings (SSSR count). The van der Waals surface area contributed by atoms with Crippen molar-refractivity contribution in [1.29, 1.82) is 0 Å². The van der Waals surface area contributed by atoms with Crippen molar-refractivity contribution >= 4 is 11.7 Å². The average Bonchev–Trinajstić information content (AvgIpc) is 2.35. The Bertz CT molecular complexity index is 436. The third-order valence-electron chi connectivity index (χ3n) is 2.90. The molecule has 4 heteroatoms. The monoisotopic (exact) mass is 250 g/mol. The van der Waals surface area contributed by atoms with Crippen LogP contribution in [0.25, 0.3) is 0 Å². The van der Waals surface area contributed by atoms with Crippen LogP contribution in [0.1, 0.15) is 26.3 Å². The third kappa shape index (κ3) is 2.94. The van der Waals surface area contributed by atoms with E-state index in [1.165, 1.54) is 0 Å². The molecule has 0 heterocycles. The molecule has 2 amide bonds. The van der Waals surface area contributed by atoms with Crippen molar-refractivity contribution < 1.29 is 9.53 Å². The molecule has 4 nitrogen and oxygen atoms in total. The summed E-state index contributed by atoms with van der Waals surface area (Å²) in [6.07, 6.45) is 0. The molecule has 0 aromatic heterocycles. The van der Waals surface area contributed by atoms with Crippen LogP contribution in [-0.2, 0) is 5.41 Å². The van der Waals surface area contributed by atoms with E-state index < -0.39 is 0 Å². The number of carbonyl (C=O) groups excluding carboxylic acids is 1. The number of nitrogens with one attached hydrogen (secondary N) is 1. The van der Waals surface area contributed by atoms with Gasteiger partial charge >= 0.3 is 6.03 Å². The number of anilines is 1. The fraction of sp³-hybridized carbons (Fsp3) is 0.500. The van der Waals surface area contributed by atoms with Crippen molar-refractivity contribution in [2.24, 2.45) is 0 Å². The standard InChI is InChI=1S/C14H22N2O2/c1-14(2,3)11-9-10(7-8-12(11)18-6)16(5)13(17)15-4/h7-9H,1-6H3,(H,15,17). The number of urea groups is 1. The van der Waals surface area contributed by atoms with Gasteiger partial charge in [-0.2, -0.15) is 0 Å². The summed E-state index contributed by atoms with van der Waals surface area (Å²) in [6.45, 7) is 6.36. The molecule has 1 aromatic carbocycles. The second kappa shape index (κ2) is 5.29. The Kier molecular flexibility index (Phi) is 4.22. The highest BCUT2D eigenvalue weighted by Crippen LogP contribution is 2.34. The summed E-state index contributed by atoms with van der Waals surface area (Å²) >= 11 is 0. The van der Waals surface area contributed by atoms with Crippen molar-refractivity contribution in [2.75, 3.05) is 26.1 Å². The molecule has 0 aliphatic heterocycles. The lowest BCUT2D eigenvalue weighted by Gasteiger charge is -2.25. The van der Waals surface area contributed by atoms with Crippen LogP contribution in [0.2, 0.25) is 0 Å². The molecule has 18 heavy (non-hydrogen) atoms. The molecule has 0 bridgehead atoms. The Balaban J connectivity index is 3.23. The predicted molar refractivity (Wildman–Crippen MR) is 74.6 cm³/mol. The highest BCUT2D eigenvalue weighted by atomic mass is 16.5. The van der Waals surface area contributed by atoms with Gasteiger partial charge in [0.05, 0.1) is 7.11 Å². The van der Waals surface area contributed by atoms with E-state index in [1.54, 1.807) is 26.1 Å². The quantitative estimate of drug-likeness (QED) is 0.877. The summed E-state index contributed by atoms with van der Waals surface area (Å²) in [5.74, 6) is 0.844. The molecule has 0 aliphatic carbocycles. The molecule has 0 saturated heterocycles. The molecular weight excluding hydrogens is 228 g/mol. The average molecular weight is 250 g/mol. The van der Waals surface area contributed by atoms with Gasteiger partial charge in [0.15, 0.2) is 0 Å². The van der Waals surface area contributed by atoms with Crippen LogP contribution in [0.5, 0.6) is 5.75 Å². The molecule has 0 spiro atoms. The van der Waals surface area contributed by atoms with Crippen LogP contribution < -0.4 is 15.0 Å². The fourth-order valence-corrected chi connectivity index (χ4v) is 1.78. The predicted octanol–water partition coefficient (Wildman–Crippen LogP) is 2.77. The largest absolute Gasteiger partial charge is 0.496 e. The van der Waals surface area contributed by atoms with E-state index in [0.717, 1.165) is 17.0 Å². The summed E-state index contributed by atoms with van der Waals surface area (Å²) in [7, 11) is 5.02. The summed E-state index contributed by atoms with van der Waals surface area (Å²) in [5.41, 5.74) is 1.89. The maximum atomic E-state index is 11.6. The van der Waals surface area contributed by atoms with Crippen molar-refractivity contribution in [1.82, 2.24) is 5.32 Å². The normalized spacial score (nSPS) is 11.0. The van der Waals surface area contributed by atoms with Gasteiger partial charge in [-0.1, -0.05) is 20.8 Å². The maximum Gasteiger partial charge on any atom is 0.321 e. The lowest BCUT2D eigenvalue weighted by molar-refractivity contribution is 0.249. The molecule has 0 atom stereocenters. The number of nitrogens with zero attached hydrogens (tertiary/aromatic N) is 1. The number of hydrogen-bond acceptors (Lipinski definition) is 2. The van der Waals surface area contributed by atoms with Crippen LogP contribution in [0.3, 0.4) is 0 Å². The first-order valence-corrected chi connectivity index (χ1v) is 5.95. The Morgan fingerprint density at radius 1 is 1.33 bits per heavy atom. The van der Waals surface area contributed by atoms with Gasteiger partial charge in [-0.3, -0.25) is 4.90 Å². The SMILES string of the molecule is CNC(=O)N(C)c1ccc(OC)c(C(C)(C)C)c1. The second-order valence-electron chi connectivity index (χ2n) is 5.25. The molecule has 100 valence electrons. The summed E-state index contributed by atoms with van der Waals surface area (Å²) in [4.78, 5) is 13.2. The van der Waals surface area contributed by atoms with E-state index in [-0.39, 0.29) is 11.4 Å². The minimum absolute atomic E-state index is 0.0368. The molecule has 0 aliphatic rings. The van der Waals surface area contributed by atoms with Gasteiger partial charge in [0.2, 0.25) is 0 Å². The number of carbonyl (C=O) groups is 1. The van der Waals surface area contributed by atoms with E-state index >= 15 is 0 Å². The number of ether oxygens (including phenoxy) is 1.